The quantitative estimate of drug-likeness (QED) is 0.599. The van der Waals surface area contributed by atoms with E-state index in [9.17, 15) is 8.42 Å². The molecule has 0 spiro atoms. The molecule has 2 rings (SSSR count). The number of hydrogen-bond donors (Lipinski definition) is 2. The van der Waals surface area contributed by atoms with Gasteiger partial charge in [0.2, 0.25) is 0 Å². The first-order valence-electron chi connectivity index (χ1n) is 7.28. The van der Waals surface area contributed by atoms with Crippen LogP contribution in [-0.4, -0.2) is 45.0 Å². The second-order valence-electron chi connectivity index (χ2n) is 6.10. The zero-order chi connectivity index (χ0) is 16.4. The average molecular weight is 345 g/mol. The van der Waals surface area contributed by atoms with Crippen molar-refractivity contribution in [3.63, 3.8) is 0 Å². The second kappa shape index (κ2) is 6.54. The lowest BCUT2D eigenvalue weighted by Crippen LogP contribution is -2.41. The highest BCUT2D eigenvalue weighted by atomic mass is 32.2. The summed E-state index contributed by atoms with van der Waals surface area (Å²) in [6, 6.07) is 0. The Morgan fingerprint density at radius 2 is 2.05 bits per heavy atom. The van der Waals surface area contributed by atoms with Crippen molar-refractivity contribution in [2.24, 2.45) is 10.4 Å². The molecule has 8 heteroatoms. The molecular formula is C14H24N4O2S2. The number of nitrogens with one attached hydrogen (secondary N) is 2. The van der Waals surface area contributed by atoms with Gasteiger partial charge in [-0.2, -0.15) is 0 Å². The van der Waals surface area contributed by atoms with Crippen LogP contribution in [0.5, 0.6) is 0 Å². The van der Waals surface area contributed by atoms with Gasteiger partial charge in [-0.3, -0.25) is 4.99 Å². The molecule has 22 heavy (non-hydrogen) atoms. The molecule has 1 saturated carbocycles. The van der Waals surface area contributed by atoms with Crippen LogP contribution in [0.25, 0.3) is 0 Å². The number of nitrogens with zero attached hydrogens (tertiary/aromatic N) is 2. The van der Waals surface area contributed by atoms with Gasteiger partial charge in [0.15, 0.2) is 5.96 Å². The number of aryl methyl sites for hydroxylation is 2. The van der Waals surface area contributed by atoms with E-state index in [1.807, 2.05) is 6.92 Å². The van der Waals surface area contributed by atoms with Crippen molar-refractivity contribution in [2.75, 3.05) is 25.6 Å². The van der Waals surface area contributed by atoms with Crippen molar-refractivity contribution >= 4 is 27.1 Å². The van der Waals surface area contributed by atoms with Crippen LogP contribution in [0.4, 0.5) is 0 Å². The number of rotatable bonds is 6. The third kappa shape index (κ3) is 4.95. The molecule has 0 atom stereocenters. The van der Waals surface area contributed by atoms with Crippen molar-refractivity contribution in [2.45, 2.75) is 33.2 Å². The molecule has 0 amide bonds. The van der Waals surface area contributed by atoms with E-state index in [-0.39, 0.29) is 11.2 Å². The lowest BCUT2D eigenvalue weighted by molar-refractivity contribution is 0.529. The highest BCUT2D eigenvalue weighted by molar-refractivity contribution is 7.90. The normalized spacial score (nSPS) is 17.4. The first-order chi connectivity index (χ1) is 10.2. The third-order valence-corrected chi connectivity index (χ3v) is 6.07. The molecule has 0 unspecified atom stereocenters. The van der Waals surface area contributed by atoms with Crippen LogP contribution in [0.2, 0.25) is 0 Å². The maximum absolute atomic E-state index is 11.5. The summed E-state index contributed by atoms with van der Waals surface area (Å²) in [5.74, 6) is 0.930. The summed E-state index contributed by atoms with van der Waals surface area (Å²) in [6.07, 6.45) is 3.21. The zero-order valence-corrected chi connectivity index (χ0v) is 15.2. The first-order valence-corrected chi connectivity index (χ1v) is 10.2. The number of hydrogen-bond acceptors (Lipinski definition) is 5. The highest BCUT2D eigenvalue weighted by Crippen LogP contribution is 2.45. The predicted molar refractivity (Wildman–Crippen MR) is 91.2 cm³/mol. The van der Waals surface area contributed by atoms with E-state index < -0.39 is 9.84 Å². The minimum Gasteiger partial charge on any atom is -0.356 e. The fourth-order valence-electron chi connectivity index (χ4n) is 2.37. The third-order valence-electron chi connectivity index (χ3n) is 3.86. The largest absolute Gasteiger partial charge is 0.356 e. The Hall–Kier alpha value is -1.15. The van der Waals surface area contributed by atoms with Gasteiger partial charge >= 0.3 is 0 Å². The molecule has 0 saturated heterocycles. The van der Waals surface area contributed by atoms with Gasteiger partial charge in [-0.1, -0.05) is 0 Å². The topological polar surface area (TPSA) is 83.4 Å². The van der Waals surface area contributed by atoms with Crippen LogP contribution >= 0.6 is 11.3 Å². The van der Waals surface area contributed by atoms with Crippen molar-refractivity contribution in [1.29, 1.82) is 0 Å². The van der Waals surface area contributed by atoms with E-state index >= 15 is 0 Å². The molecule has 1 aliphatic carbocycles. The van der Waals surface area contributed by atoms with Crippen molar-refractivity contribution in [3.8, 4) is 0 Å². The Bertz CT molecular complexity index is 641. The Balaban J connectivity index is 1.83. The molecule has 1 fully saturated rings. The number of sulfone groups is 1. The van der Waals surface area contributed by atoms with Gasteiger partial charge in [-0.25, -0.2) is 13.4 Å². The maximum atomic E-state index is 11.5. The van der Waals surface area contributed by atoms with E-state index in [4.69, 9.17) is 0 Å². The fourth-order valence-corrected chi connectivity index (χ4v) is 4.75. The van der Waals surface area contributed by atoms with Gasteiger partial charge < -0.3 is 10.6 Å². The predicted octanol–water partition coefficient (Wildman–Crippen LogP) is 1.25. The molecule has 6 nitrogen and oxygen atoms in total. The molecular weight excluding hydrogens is 320 g/mol. The van der Waals surface area contributed by atoms with E-state index in [0.717, 1.165) is 23.5 Å². The first kappa shape index (κ1) is 17.2. The van der Waals surface area contributed by atoms with Crippen LogP contribution in [-0.2, 0) is 16.4 Å². The summed E-state index contributed by atoms with van der Waals surface area (Å²) >= 11 is 1.67. The second-order valence-corrected chi connectivity index (χ2v) is 9.53. The number of aromatic nitrogens is 1. The molecule has 1 aliphatic rings. The molecule has 0 aliphatic heterocycles. The Labute approximate surface area is 136 Å². The summed E-state index contributed by atoms with van der Waals surface area (Å²) < 4.78 is 22.9. The molecule has 0 bridgehead atoms. The molecule has 1 aromatic rings. The number of guanidine groups is 1. The summed E-state index contributed by atoms with van der Waals surface area (Å²) in [6.45, 7) is 5.32. The number of thiazole rings is 1. The lowest BCUT2D eigenvalue weighted by atomic mass is 10.1. The zero-order valence-electron chi connectivity index (χ0n) is 13.6. The van der Waals surface area contributed by atoms with Gasteiger partial charge in [0.05, 0.1) is 18.0 Å². The summed E-state index contributed by atoms with van der Waals surface area (Å²) in [5, 5.41) is 7.49. The van der Waals surface area contributed by atoms with Crippen LogP contribution in [0.3, 0.4) is 0 Å². The molecule has 0 radical (unpaired) electrons. The van der Waals surface area contributed by atoms with E-state index in [1.165, 1.54) is 11.1 Å². The summed E-state index contributed by atoms with van der Waals surface area (Å²) in [5.41, 5.74) is 0.953. The average Bonchev–Trinajstić information content (AvgIpc) is 3.07. The Kier molecular flexibility index (Phi) is 5.11. The summed E-state index contributed by atoms with van der Waals surface area (Å²) in [7, 11) is -1.23. The summed E-state index contributed by atoms with van der Waals surface area (Å²) in [4.78, 5) is 9.89. The highest BCUT2D eigenvalue weighted by Gasteiger charge is 2.45. The molecule has 1 aromatic heterocycles. The smallest absolute Gasteiger partial charge is 0.191 e. The molecule has 124 valence electrons. The minimum atomic E-state index is -2.94. The van der Waals surface area contributed by atoms with Gasteiger partial charge in [0.1, 0.15) is 14.8 Å². The molecule has 1 heterocycles. The molecule has 2 N–H and O–H groups in total. The molecule has 0 aromatic carbocycles. The minimum absolute atomic E-state index is 0.112. The van der Waals surface area contributed by atoms with Crippen LogP contribution in [0.15, 0.2) is 4.99 Å². The lowest BCUT2D eigenvalue weighted by Gasteiger charge is -2.17. The van der Waals surface area contributed by atoms with Crippen molar-refractivity contribution < 1.29 is 8.42 Å². The van der Waals surface area contributed by atoms with Crippen LogP contribution < -0.4 is 10.6 Å². The van der Waals surface area contributed by atoms with Gasteiger partial charge in [-0.05, 0) is 26.7 Å². The van der Waals surface area contributed by atoms with E-state index in [0.29, 0.717) is 19.0 Å². The van der Waals surface area contributed by atoms with Crippen LogP contribution in [0, 0.1) is 19.3 Å². The van der Waals surface area contributed by atoms with E-state index in [2.05, 4.69) is 27.5 Å². The monoisotopic (exact) mass is 344 g/mol. The van der Waals surface area contributed by atoms with Crippen LogP contribution in [0.1, 0.15) is 28.4 Å². The van der Waals surface area contributed by atoms with Gasteiger partial charge in [0.25, 0.3) is 0 Å². The van der Waals surface area contributed by atoms with Gasteiger partial charge in [-0.15, -0.1) is 11.3 Å². The maximum Gasteiger partial charge on any atom is 0.191 e. The van der Waals surface area contributed by atoms with E-state index in [1.54, 1.807) is 18.4 Å². The van der Waals surface area contributed by atoms with Crippen molar-refractivity contribution in [1.82, 2.24) is 15.6 Å². The Morgan fingerprint density at radius 3 is 2.50 bits per heavy atom. The van der Waals surface area contributed by atoms with Crippen molar-refractivity contribution in [3.05, 3.63) is 15.6 Å². The number of aliphatic imine (C=N–C) groups is 1. The fraction of sp³-hybridized carbons (Fsp3) is 0.714. The Morgan fingerprint density at radius 1 is 1.36 bits per heavy atom. The standard InChI is InChI=1S/C14H24N4O2S2/c1-10-11(2)21-12(18-10)7-16-13(15-3)17-8-14(5-6-14)9-22(4,19)20/h5-9H2,1-4H3,(H2,15,16,17). The van der Waals surface area contributed by atoms with Gasteiger partial charge in [0, 0.05) is 30.1 Å². The SMILES string of the molecule is CN=C(NCc1nc(C)c(C)s1)NCC1(CS(C)(=O)=O)CC1.